The SMILES string of the molecule is Cc1ccc(F)c(C(N)CSc2cccc(F)c2)c1. The molecule has 1 unspecified atom stereocenters. The van der Waals surface area contributed by atoms with Gasteiger partial charge in [0, 0.05) is 22.3 Å². The zero-order chi connectivity index (χ0) is 13.8. The van der Waals surface area contributed by atoms with E-state index in [9.17, 15) is 8.78 Å². The summed E-state index contributed by atoms with van der Waals surface area (Å²) in [6.45, 7) is 1.90. The molecule has 0 heterocycles. The molecule has 0 saturated carbocycles. The fourth-order valence-electron chi connectivity index (χ4n) is 1.78. The Morgan fingerprint density at radius 2 is 1.95 bits per heavy atom. The summed E-state index contributed by atoms with van der Waals surface area (Å²) < 4.78 is 26.7. The van der Waals surface area contributed by atoms with Crippen LogP contribution >= 0.6 is 11.8 Å². The molecule has 0 aromatic heterocycles. The van der Waals surface area contributed by atoms with Gasteiger partial charge in [-0.2, -0.15) is 0 Å². The normalized spacial score (nSPS) is 12.4. The Balaban J connectivity index is 2.05. The predicted octanol–water partition coefficient (Wildman–Crippen LogP) is 4.07. The monoisotopic (exact) mass is 279 g/mol. The van der Waals surface area contributed by atoms with Gasteiger partial charge in [0.2, 0.25) is 0 Å². The highest BCUT2D eigenvalue weighted by Crippen LogP contribution is 2.25. The van der Waals surface area contributed by atoms with Crippen molar-refractivity contribution in [2.75, 3.05) is 5.75 Å². The van der Waals surface area contributed by atoms with E-state index in [1.54, 1.807) is 18.2 Å². The van der Waals surface area contributed by atoms with E-state index in [4.69, 9.17) is 5.73 Å². The van der Waals surface area contributed by atoms with Crippen LogP contribution in [0.1, 0.15) is 17.2 Å². The van der Waals surface area contributed by atoms with Crippen LogP contribution in [0.4, 0.5) is 8.78 Å². The molecule has 100 valence electrons. The Hall–Kier alpha value is -1.39. The summed E-state index contributed by atoms with van der Waals surface area (Å²) in [7, 11) is 0. The number of halogens is 2. The summed E-state index contributed by atoms with van der Waals surface area (Å²) in [5.74, 6) is -0.0673. The minimum absolute atomic E-state index is 0.277. The van der Waals surface area contributed by atoms with Crippen LogP contribution < -0.4 is 5.73 Å². The van der Waals surface area contributed by atoms with Crippen molar-refractivity contribution in [3.63, 3.8) is 0 Å². The maximum atomic E-state index is 13.7. The first kappa shape index (κ1) is 14.0. The molecule has 1 nitrogen and oxygen atoms in total. The maximum absolute atomic E-state index is 13.7. The van der Waals surface area contributed by atoms with Crippen LogP contribution in [0.5, 0.6) is 0 Å². The first-order valence-electron chi connectivity index (χ1n) is 5.96. The minimum atomic E-state index is -0.409. The molecule has 2 aromatic carbocycles. The fraction of sp³-hybridized carbons (Fsp3) is 0.200. The summed E-state index contributed by atoms with van der Waals surface area (Å²) in [5, 5.41) is 0. The van der Waals surface area contributed by atoms with Gasteiger partial charge in [0.15, 0.2) is 0 Å². The van der Waals surface area contributed by atoms with Gasteiger partial charge >= 0.3 is 0 Å². The molecule has 1 atom stereocenters. The van der Waals surface area contributed by atoms with Crippen molar-refractivity contribution in [3.05, 3.63) is 65.2 Å². The van der Waals surface area contributed by atoms with Crippen LogP contribution in [-0.4, -0.2) is 5.75 Å². The molecule has 19 heavy (non-hydrogen) atoms. The van der Waals surface area contributed by atoms with Gasteiger partial charge < -0.3 is 5.73 Å². The van der Waals surface area contributed by atoms with Gasteiger partial charge in [-0.15, -0.1) is 11.8 Å². The van der Waals surface area contributed by atoms with Gasteiger partial charge in [0.1, 0.15) is 11.6 Å². The summed E-state index contributed by atoms with van der Waals surface area (Å²) >= 11 is 1.42. The molecule has 0 fully saturated rings. The molecule has 0 aliphatic heterocycles. The van der Waals surface area contributed by atoms with Gasteiger partial charge in [-0.1, -0.05) is 23.8 Å². The molecule has 2 aromatic rings. The second-order valence-electron chi connectivity index (χ2n) is 4.40. The molecule has 2 rings (SSSR count). The lowest BCUT2D eigenvalue weighted by atomic mass is 10.1. The number of hydrogen-bond donors (Lipinski definition) is 1. The van der Waals surface area contributed by atoms with E-state index in [0.29, 0.717) is 11.3 Å². The molecule has 0 amide bonds. The summed E-state index contributed by atoms with van der Waals surface area (Å²) in [6.07, 6.45) is 0. The lowest BCUT2D eigenvalue weighted by molar-refractivity contribution is 0.594. The fourth-order valence-corrected chi connectivity index (χ4v) is 2.70. The Kier molecular flexibility index (Phi) is 4.56. The summed E-state index contributed by atoms with van der Waals surface area (Å²) in [5.41, 5.74) is 7.47. The highest BCUT2D eigenvalue weighted by atomic mass is 32.2. The first-order valence-corrected chi connectivity index (χ1v) is 6.95. The maximum Gasteiger partial charge on any atom is 0.128 e. The highest BCUT2D eigenvalue weighted by Gasteiger charge is 2.12. The topological polar surface area (TPSA) is 26.0 Å². The number of benzene rings is 2. The lowest BCUT2D eigenvalue weighted by Crippen LogP contribution is -2.15. The molecule has 0 spiro atoms. The summed E-state index contributed by atoms with van der Waals surface area (Å²) in [6, 6.07) is 10.8. The highest BCUT2D eigenvalue weighted by molar-refractivity contribution is 7.99. The van der Waals surface area contributed by atoms with Crippen molar-refractivity contribution in [2.45, 2.75) is 17.9 Å². The van der Waals surface area contributed by atoms with E-state index >= 15 is 0 Å². The van der Waals surface area contributed by atoms with E-state index < -0.39 is 6.04 Å². The smallest absolute Gasteiger partial charge is 0.128 e. The van der Waals surface area contributed by atoms with E-state index in [-0.39, 0.29) is 11.6 Å². The van der Waals surface area contributed by atoms with E-state index in [1.807, 2.05) is 13.0 Å². The van der Waals surface area contributed by atoms with Crippen LogP contribution in [0, 0.1) is 18.6 Å². The van der Waals surface area contributed by atoms with E-state index in [2.05, 4.69) is 0 Å². The van der Waals surface area contributed by atoms with Gasteiger partial charge in [0.05, 0.1) is 0 Å². The van der Waals surface area contributed by atoms with Crippen molar-refractivity contribution in [1.82, 2.24) is 0 Å². The largest absolute Gasteiger partial charge is 0.323 e. The Labute approximate surface area is 115 Å². The average molecular weight is 279 g/mol. The van der Waals surface area contributed by atoms with E-state index in [0.717, 1.165) is 10.5 Å². The quantitative estimate of drug-likeness (QED) is 0.854. The molecule has 0 bridgehead atoms. The van der Waals surface area contributed by atoms with Crippen LogP contribution in [0.3, 0.4) is 0 Å². The first-order chi connectivity index (χ1) is 9.06. The molecule has 0 aliphatic rings. The number of nitrogens with two attached hydrogens (primary N) is 1. The summed E-state index contributed by atoms with van der Waals surface area (Å²) in [4.78, 5) is 0.795. The molecule has 0 aliphatic carbocycles. The van der Waals surface area contributed by atoms with Gasteiger partial charge in [0.25, 0.3) is 0 Å². The van der Waals surface area contributed by atoms with Crippen molar-refractivity contribution < 1.29 is 8.78 Å². The molecule has 0 saturated heterocycles. The van der Waals surface area contributed by atoms with E-state index in [1.165, 1.54) is 30.0 Å². The third-order valence-corrected chi connectivity index (χ3v) is 3.89. The Bertz CT molecular complexity index is 572. The van der Waals surface area contributed by atoms with Crippen LogP contribution in [-0.2, 0) is 0 Å². The Morgan fingerprint density at radius 3 is 2.68 bits per heavy atom. The molecular formula is C15H15F2NS. The molecule has 2 N–H and O–H groups in total. The van der Waals surface area contributed by atoms with Crippen LogP contribution in [0.15, 0.2) is 47.4 Å². The lowest BCUT2D eigenvalue weighted by Gasteiger charge is -2.13. The standard InChI is InChI=1S/C15H15F2NS/c1-10-5-6-14(17)13(7-10)15(18)9-19-12-4-2-3-11(16)8-12/h2-8,15H,9,18H2,1H3. The Morgan fingerprint density at radius 1 is 1.16 bits per heavy atom. The second kappa shape index (κ2) is 6.17. The second-order valence-corrected chi connectivity index (χ2v) is 5.49. The van der Waals surface area contributed by atoms with Crippen LogP contribution in [0.25, 0.3) is 0 Å². The number of rotatable bonds is 4. The van der Waals surface area contributed by atoms with Gasteiger partial charge in [-0.05, 0) is 31.2 Å². The minimum Gasteiger partial charge on any atom is -0.323 e. The van der Waals surface area contributed by atoms with Crippen LogP contribution in [0.2, 0.25) is 0 Å². The van der Waals surface area contributed by atoms with Gasteiger partial charge in [-0.25, -0.2) is 8.78 Å². The third-order valence-electron chi connectivity index (χ3n) is 2.78. The number of thioether (sulfide) groups is 1. The van der Waals surface area contributed by atoms with Crippen molar-refractivity contribution >= 4 is 11.8 Å². The third kappa shape index (κ3) is 3.78. The average Bonchev–Trinajstić information content (AvgIpc) is 2.39. The zero-order valence-electron chi connectivity index (χ0n) is 10.6. The number of aryl methyl sites for hydroxylation is 1. The number of hydrogen-bond acceptors (Lipinski definition) is 2. The van der Waals surface area contributed by atoms with Crippen molar-refractivity contribution in [1.29, 1.82) is 0 Å². The molecule has 0 radical (unpaired) electrons. The predicted molar refractivity (Wildman–Crippen MR) is 75.2 cm³/mol. The molecular weight excluding hydrogens is 264 g/mol. The zero-order valence-corrected chi connectivity index (χ0v) is 11.4. The van der Waals surface area contributed by atoms with Gasteiger partial charge in [-0.3, -0.25) is 0 Å². The van der Waals surface area contributed by atoms with Crippen molar-refractivity contribution in [2.24, 2.45) is 5.73 Å². The molecule has 4 heteroatoms. The van der Waals surface area contributed by atoms with Crippen molar-refractivity contribution in [3.8, 4) is 0 Å².